The van der Waals surface area contributed by atoms with E-state index in [-0.39, 0.29) is 22.0 Å². The smallest absolute Gasteiger partial charge is 0.264 e. The quantitative estimate of drug-likeness (QED) is 0.352. The van der Waals surface area contributed by atoms with Crippen molar-refractivity contribution in [1.29, 1.82) is 0 Å². The first-order valence-electron chi connectivity index (χ1n) is 9.99. The minimum Gasteiger partial charge on any atom is -0.298 e. The zero-order chi connectivity index (χ0) is 23.4. The highest BCUT2D eigenvalue weighted by Gasteiger charge is 2.27. The number of amides is 1. The standard InChI is InChI=1S/C24H20ClN3O3S2/c1-17-15-26-24(32-17)27-23(29)21-14-20(12-13-22(21)25)33(30,31)28(19-10-6-3-7-11-19)16-18-8-4-2-5-9-18/h2-15H,16H2,1H3,(H,26,27,29). The summed E-state index contributed by atoms with van der Waals surface area (Å²) >= 11 is 7.57. The average Bonchev–Trinajstić information content (AvgIpc) is 3.23. The van der Waals surface area contributed by atoms with E-state index in [4.69, 9.17) is 11.6 Å². The van der Waals surface area contributed by atoms with Crippen LogP contribution in [0.1, 0.15) is 20.8 Å². The van der Waals surface area contributed by atoms with E-state index >= 15 is 0 Å². The zero-order valence-electron chi connectivity index (χ0n) is 17.6. The van der Waals surface area contributed by atoms with Crippen molar-refractivity contribution in [2.24, 2.45) is 0 Å². The molecule has 0 bridgehead atoms. The first-order chi connectivity index (χ1) is 15.8. The molecule has 168 valence electrons. The number of aryl methyl sites for hydroxylation is 1. The number of thiazole rings is 1. The summed E-state index contributed by atoms with van der Waals surface area (Å²) in [5.74, 6) is -0.527. The lowest BCUT2D eigenvalue weighted by Crippen LogP contribution is -2.30. The lowest BCUT2D eigenvalue weighted by molar-refractivity contribution is 0.102. The van der Waals surface area contributed by atoms with Crippen molar-refractivity contribution in [3.05, 3.63) is 106 Å². The van der Waals surface area contributed by atoms with Gasteiger partial charge in [0.2, 0.25) is 0 Å². The molecule has 4 rings (SSSR count). The van der Waals surface area contributed by atoms with Crippen LogP contribution in [0, 0.1) is 6.92 Å². The maximum Gasteiger partial charge on any atom is 0.264 e. The van der Waals surface area contributed by atoms with Crippen LogP contribution in [-0.4, -0.2) is 19.3 Å². The molecule has 3 aromatic carbocycles. The van der Waals surface area contributed by atoms with Crippen LogP contribution in [0.15, 0.2) is 90.0 Å². The van der Waals surface area contributed by atoms with Gasteiger partial charge in [-0.2, -0.15) is 0 Å². The number of aromatic nitrogens is 1. The second-order valence-electron chi connectivity index (χ2n) is 7.20. The van der Waals surface area contributed by atoms with E-state index in [1.807, 2.05) is 43.3 Å². The average molecular weight is 498 g/mol. The lowest BCUT2D eigenvalue weighted by Gasteiger charge is -2.25. The van der Waals surface area contributed by atoms with Gasteiger partial charge in [-0.1, -0.05) is 60.1 Å². The number of hydrogen-bond donors (Lipinski definition) is 1. The van der Waals surface area contributed by atoms with E-state index in [9.17, 15) is 13.2 Å². The third kappa shape index (κ3) is 5.24. The number of halogens is 1. The molecule has 0 aliphatic rings. The first-order valence-corrected chi connectivity index (χ1v) is 12.6. The Hall–Kier alpha value is -3.20. The molecule has 1 amide bonds. The van der Waals surface area contributed by atoms with Gasteiger partial charge in [-0.3, -0.25) is 14.4 Å². The van der Waals surface area contributed by atoms with Gasteiger partial charge in [0.25, 0.3) is 15.9 Å². The Balaban J connectivity index is 1.72. The minimum absolute atomic E-state index is 0.0350. The molecule has 6 nitrogen and oxygen atoms in total. The number of anilines is 2. The number of sulfonamides is 1. The molecule has 0 aliphatic carbocycles. The molecule has 0 spiro atoms. The monoisotopic (exact) mass is 497 g/mol. The molecular weight excluding hydrogens is 478 g/mol. The highest BCUT2D eigenvalue weighted by Crippen LogP contribution is 2.29. The van der Waals surface area contributed by atoms with Crippen LogP contribution in [0.5, 0.6) is 0 Å². The van der Waals surface area contributed by atoms with Crippen LogP contribution in [0.25, 0.3) is 0 Å². The fraction of sp³-hybridized carbons (Fsp3) is 0.0833. The van der Waals surface area contributed by atoms with Crippen molar-refractivity contribution in [2.75, 3.05) is 9.62 Å². The molecule has 1 N–H and O–H groups in total. The second kappa shape index (κ2) is 9.74. The number of nitrogens with one attached hydrogen (secondary N) is 1. The summed E-state index contributed by atoms with van der Waals surface area (Å²) < 4.78 is 28.8. The van der Waals surface area contributed by atoms with Gasteiger partial charge in [-0.15, -0.1) is 11.3 Å². The maximum absolute atomic E-state index is 13.7. The minimum atomic E-state index is -4.01. The Morgan fingerprint density at radius 1 is 1.03 bits per heavy atom. The Morgan fingerprint density at radius 3 is 2.33 bits per heavy atom. The fourth-order valence-electron chi connectivity index (χ4n) is 3.20. The molecule has 0 saturated heterocycles. The van der Waals surface area contributed by atoms with Gasteiger partial charge in [-0.25, -0.2) is 13.4 Å². The summed E-state index contributed by atoms with van der Waals surface area (Å²) in [4.78, 5) is 17.8. The van der Waals surface area contributed by atoms with Crippen LogP contribution in [-0.2, 0) is 16.6 Å². The van der Waals surface area contributed by atoms with E-state index in [0.717, 1.165) is 10.4 Å². The summed E-state index contributed by atoms with van der Waals surface area (Å²) in [6.07, 6.45) is 1.64. The molecule has 0 unspecified atom stereocenters. The first kappa shape index (κ1) is 23.0. The molecule has 9 heteroatoms. The molecule has 0 aliphatic heterocycles. The van der Waals surface area contributed by atoms with Gasteiger partial charge < -0.3 is 0 Å². The number of hydrogen-bond acceptors (Lipinski definition) is 5. The summed E-state index contributed by atoms with van der Waals surface area (Å²) in [5, 5.41) is 3.24. The molecule has 0 saturated carbocycles. The Kier molecular flexibility index (Phi) is 6.78. The molecular formula is C24H20ClN3O3S2. The van der Waals surface area contributed by atoms with Crippen molar-refractivity contribution in [3.63, 3.8) is 0 Å². The van der Waals surface area contributed by atoms with E-state index in [1.165, 1.54) is 33.8 Å². The van der Waals surface area contributed by atoms with Gasteiger partial charge in [0.1, 0.15) is 0 Å². The zero-order valence-corrected chi connectivity index (χ0v) is 20.0. The topological polar surface area (TPSA) is 79.4 Å². The maximum atomic E-state index is 13.7. The molecule has 1 aromatic heterocycles. The molecule has 4 aromatic rings. The highest BCUT2D eigenvalue weighted by molar-refractivity contribution is 7.92. The molecule has 1 heterocycles. The predicted molar refractivity (Wildman–Crippen MR) is 133 cm³/mol. The second-order valence-corrected chi connectivity index (χ2v) is 10.7. The van der Waals surface area contributed by atoms with Crippen molar-refractivity contribution in [3.8, 4) is 0 Å². The summed E-state index contributed by atoms with van der Waals surface area (Å²) in [6, 6.07) is 22.3. The normalized spacial score (nSPS) is 11.2. The summed E-state index contributed by atoms with van der Waals surface area (Å²) in [5.41, 5.74) is 1.40. The molecule has 0 atom stereocenters. The third-order valence-electron chi connectivity index (χ3n) is 4.83. The van der Waals surface area contributed by atoms with Crippen molar-refractivity contribution in [1.82, 2.24) is 4.98 Å². The molecule has 0 fully saturated rings. The van der Waals surface area contributed by atoms with Crippen LogP contribution >= 0.6 is 22.9 Å². The van der Waals surface area contributed by atoms with Gasteiger partial charge in [0, 0.05) is 11.1 Å². The Bertz CT molecular complexity index is 1370. The SMILES string of the molecule is Cc1cnc(NC(=O)c2cc(S(=O)(=O)N(Cc3ccccc3)c3ccccc3)ccc2Cl)s1. The molecule has 33 heavy (non-hydrogen) atoms. The number of rotatable bonds is 7. The lowest BCUT2D eigenvalue weighted by atomic mass is 10.2. The van der Waals surface area contributed by atoms with Crippen molar-refractivity contribution >= 4 is 49.7 Å². The Morgan fingerprint density at radius 2 is 1.70 bits per heavy atom. The van der Waals surface area contributed by atoms with Gasteiger partial charge in [-0.05, 0) is 42.8 Å². The van der Waals surface area contributed by atoms with E-state index < -0.39 is 15.9 Å². The summed E-state index contributed by atoms with van der Waals surface area (Å²) in [6.45, 7) is 2.01. The third-order valence-corrected chi connectivity index (χ3v) is 7.75. The van der Waals surface area contributed by atoms with E-state index in [0.29, 0.717) is 10.8 Å². The van der Waals surface area contributed by atoms with E-state index in [1.54, 1.807) is 30.5 Å². The van der Waals surface area contributed by atoms with Crippen LogP contribution < -0.4 is 9.62 Å². The highest BCUT2D eigenvalue weighted by atomic mass is 35.5. The number of carbonyl (C=O) groups is 1. The predicted octanol–water partition coefficient (Wildman–Crippen LogP) is 5.75. The van der Waals surface area contributed by atoms with E-state index in [2.05, 4.69) is 10.3 Å². The van der Waals surface area contributed by atoms with Crippen molar-refractivity contribution in [2.45, 2.75) is 18.4 Å². The summed E-state index contributed by atoms with van der Waals surface area (Å²) in [7, 11) is -4.01. The van der Waals surface area contributed by atoms with Gasteiger partial charge in [0.05, 0.1) is 27.7 Å². The Labute approximate surface area is 201 Å². The van der Waals surface area contributed by atoms with Crippen molar-refractivity contribution < 1.29 is 13.2 Å². The largest absolute Gasteiger partial charge is 0.298 e. The number of para-hydroxylation sites is 1. The fourth-order valence-corrected chi connectivity index (χ4v) is 5.54. The molecule has 0 radical (unpaired) electrons. The number of benzene rings is 3. The van der Waals surface area contributed by atoms with Gasteiger partial charge in [0.15, 0.2) is 5.13 Å². The van der Waals surface area contributed by atoms with Crippen LogP contribution in [0.3, 0.4) is 0 Å². The number of carbonyl (C=O) groups excluding carboxylic acids is 1. The van der Waals surface area contributed by atoms with Crippen LogP contribution in [0.4, 0.5) is 10.8 Å². The number of nitrogens with zero attached hydrogens (tertiary/aromatic N) is 2. The van der Waals surface area contributed by atoms with Gasteiger partial charge >= 0.3 is 0 Å². The van der Waals surface area contributed by atoms with Crippen LogP contribution in [0.2, 0.25) is 5.02 Å².